The largest absolute Gasteiger partial charge is 0.311 e. The molecule has 6 nitrogen and oxygen atoms in total. The smallest absolute Gasteiger partial charge is 0.108 e. The van der Waals surface area contributed by atoms with Crippen molar-refractivity contribution in [1.29, 1.82) is 0 Å². The van der Waals surface area contributed by atoms with Crippen LogP contribution in [0.3, 0.4) is 0 Å². The quantitative estimate of drug-likeness (QED) is 0.778. The Morgan fingerprint density at radius 1 is 1.41 bits per heavy atom. The average molecular weight is 234 g/mol. The van der Waals surface area contributed by atoms with Crippen molar-refractivity contribution in [2.24, 2.45) is 7.05 Å². The minimum Gasteiger partial charge on any atom is -0.311 e. The van der Waals surface area contributed by atoms with Crippen LogP contribution in [0.1, 0.15) is 24.7 Å². The Kier molecular flexibility index (Phi) is 3.53. The van der Waals surface area contributed by atoms with E-state index in [2.05, 4.69) is 27.7 Å². The van der Waals surface area contributed by atoms with Gasteiger partial charge in [-0.05, 0) is 19.9 Å². The van der Waals surface area contributed by atoms with Crippen molar-refractivity contribution >= 4 is 0 Å². The molecule has 6 heteroatoms. The molecule has 0 aliphatic carbocycles. The standard InChI is InChI=1S/C11H18N6/c1-4-5-12-6-10-7-13-15-17(10)11-8-16(3)14-9(11)2/h7-8,12H,4-6H2,1-3H3. The molecule has 0 radical (unpaired) electrons. The fourth-order valence-electron chi connectivity index (χ4n) is 1.77. The molecular weight excluding hydrogens is 216 g/mol. The Balaban J connectivity index is 2.21. The summed E-state index contributed by atoms with van der Waals surface area (Å²) >= 11 is 0. The predicted molar refractivity (Wildman–Crippen MR) is 64.9 cm³/mol. The van der Waals surface area contributed by atoms with Crippen molar-refractivity contribution in [2.75, 3.05) is 6.54 Å². The Labute approximate surface area is 101 Å². The molecule has 1 N–H and O–H groups in total. The number of nitrogens with one attached hydrogen (secondary N) is 1. The lowest BCUT2D eigenvalue weighted by Gasteiger charge is -2.05. The molecule has 0 fully saturated rings. The van der Waals surface area contributed by atoms with Crippen LogP contribution in [0.4, 0.5) is 0 Å². The third-order valence-electron chi connectivity index (χ3n) is 2.57. The summed E-state index contributed by atoms with van der Waals surface area (Å²) in [6.07, 6.45) is 4.86. The molecule has 0 aromatic carbocycles. The van der Waals surface area contributed by atoms with E-state index in [1.54, 1.807) is 10.9 Å². The van der Waals surface area contributed by atoms with Gasteiger partial charge >= 0.3 is 0 Å². The minimum atomic E-state index is 0.773. The highest BCUT2D eigenvalue weighted by molar-refractivity contribution is 5.33. The normalized spacial score (nSPS) is 11.0. The van der Waals surface area contributed by atoms with E-state index in [-0.39, 0.29) is 0 Å². The molecule has 0 amide bonds. The van der Waals surface area contributed by atoms with Crippen molar-refractivity contribution in [3.63, 3.8) is 0 Å². The van der Waals surface area contributed by atoms with Crippen LogP contribution in [0.5, 0.6) is 0 Å². The second kappa shape index (κ2) is 5.09. The number of rotatable bonds is 5. The van der Waals surface area contributed by atoms with Gasteiger partial charge in [-0.1, -0.05) is 12.1 Å². The van der Waals surface area contributed by atoms with Gasteiger partial charge in [0.15, 0.2) is 0 Å². The molecule has 0 bridgehead atoms. The van der Waals surface area contributed by atoms with Gasteiger partial charge in [-0.3, -0.25) is 4.68 Å². The first-order valence-corrected chi connectivity index (χ1v) is 5.83. The zero-order chi connectivity index (χ0) is 12.3. The summed E-state index contributed by atoms with van der Waals surface area (Å²) in [7, 11) is 1.91. The molecular formula is C11H18N6. The number of aromatic nitrogens is 5. The van der Waals surface area contributed by atoms with Gasteiger partial charge < -0.3 is 5.32 Å². The van der Waals surface area contributed by atoms with Crippen LogP contribution in [0.25, 0.3) is 5.69 Å². The van der Waals surface area contributed by atoms with Gasteiger partial charge in [0.1, 0.15) is 5.69 Å². The topological polar surface area (TPSA) is 60.6 Å². The van der Waals surface area contributed by atoms with Crippen molar-refractivity contribution < 1.29 is 0 Å². The number of hydrogen-bond donors (Lipinski definition) is 1. The van der Waals surface area contributed by atoms with Gasteiger partial charge in [-0.2, -0.15) is 5.10 Å². The van der Waals surface area contributed by atoms with Gasteiger partial charge in [0.05, 0.1) is 23.8 Å². The molecule has 2 aromatic heterocycles. The fraction of sp³-hybridized carbons (Fsp3) is 0.545. The molecule has 0 spiro atoms. The number of hydrogen-bond acceptors (Lipinski definition) is 4. The SMILES string of the molecule is CCCNCc1cnnn1-c1cn(C)nc1C. The lowest BCUT2D eigenvalue weighted by atomic mass is 10.3. The van der Waals surface area contributed by atoms with E-state index < -0.39 is 0 Å². The molecule has 0 saturated carbocycles. The summed E-state index contributed by atoms with van der Waals surface area (Å²) in [5.74, 6) is 0. The molecule has 0 atom stereocenters. The van der Waals surface area contributed by atoms with Gasteiger partial charge in [0.25, 0.3) is 0 Å². The highest BCUT2D eigenvalue weighted by atomic mass is 15.4. The fourth-order valence-corrected chi connectivity index (χ4v) is 1.77. The summed E-state index contributed by atoms with van der Waals surface area (Å²) in [6, 6.07) is 0. The molecule has 17 heavy (non-hydrogen) atoms. The first kappa shape index (κ1) is 11.8. The highest BCUT2D eigenvalue weighted by Crippen LogP contribution is 2.12. The van der Waals surface area contributed by atoms with Crippen LogP contribution < -0.4 is 5.32 Å². The lowest BCUT2D eigenvalue weighted by Crippen LogP contribution is -2.16. The number of aryl methyl sites for hydroxylation is 2. The van der Waals surface area contributed by atoms with E-state index in [1.165, 1.54) is 0 Å². The second-order valence-corrected chi connectivity index (χ2v) is 4.09. The third-order valence-corrected chi connectivity index (χ3v) is 2.57. The van der Waals surface area contributed by atoms with Crippen LogP contribution in [0, 0.1) is 6.92 Å². The monoisotopic (exact) mass is 234 g/mol. The third kappa shape index (κ3) is 2.52. The van der Waals surface area contributed by atoms with E-state index in [9.17, 15) is 0 Å². The van der Waals surface area contributed by atoms with E-state index in [4.69, 9.17) is 0 Å². The second-order valence-electron chi connectivity index (χ2n) is 4.09. The van der Waals surface area contributed by atoms with Gasteiger partial charge in [-0.25, -0.2) is 4.68 Å². The molecule has 0 aliphatic rings. The summed E-state index contributed by atoms with van der Waals surface area (Å²) in [5, 5.41) is 15.7. The predicted octanol–water partition coefficient (Wildman–Crippen LogP) is 0.809. The van der Waals surface area contributed by atoms with Crippen molar-refractivity contribution in [3.05, 3.63) is 23.8 Å². The molecule has 2 rings (SSSR count). The zero-order valence-corrected chi connectivity index (χ0v) is 10.5. The Morgan fingerprint density at radius 2 is 2.24 bits per heavy atom. The summed E-state index contributed by atoms with van der Waals surface area (Å²) in [4.78, 5) is 0. The van der Waals surface area contributed by atoms with Crippen LogP contribution in [0.2, 0.25) is 0 Å². The maximum Gasteiger partial charge on any atom is 0.108 e. The Hall–Kier alpha value is -1.69. The molecule has 2 heterocycles. The number of nitrogens with zero attached hydrogens (tertiary/aromatic N) is 5. The van der Waals surface area contributed by atoms with Gasteiger partial charge in [0, 0.05) is 13.6 Å². The summed E-state index contributed by atoms with van der Waals surface area (Å²) < 4.78 is 3.63. The molecule has 0 saturated heterocycles. The van der Waals surface area contributed by atoms with Crippen LogP contribution in [0.15, 0.2) is 12.4 Å². The van der Waals surface area contributed by atoms with Crippen LogP contribution in [-0.4, -0.2) is 31.3 Å². The molecule has 92 valence electrons. The van der Waals surface area contributed by atoms with E-state index >= 15 is 0 Å². The molecule has 0 unspecified atom stereocenters. The van der Waals surface area contributed by atoms with Gasteiger partial charge in [-0.15, -0.1) is 5.10 Å². The maximum atomic E-state index is 4.31. The van der Waals surface area contributed by atoms with E-state index in [0.717, 1.165) is 36.6 Å². The van der Waals surface area contributed by atoms with Gasteiger partial charge in [0.2, 0.25) is 0 Å². The molecule has 0 aliphatic heterocycles. The van der Waals surface area contributed by atoms with Crippen LogP contribution in [-0.2, 0) is 13.6 Å². The summed E-state index contributed by atoms with van der Waals surface area (Å²) in [6.45, 7) is 5.89. The van der Waals surface area contributed by atoms with Crippen molar-refractivity contribution in [2.45, 2.75) is 26.8 Å². The van der Waals surface area contributed by atoms with Crippen LogP contribution >= 0.6 is 0 Å². The first-order chi connectivity index (χ1) is 8.22. The molecule has 2 aromatic rings. The van der Waals surface area contributed by atoms with E-state index in [1.807, 2.05) is 24.9 Å². The zero-order valence-electron chi connectivity index (χ0n) is 10.5. The summed E-state index contributed by atoms with van der Waals surface area (Å²) in [5.41, 5.74) is 2.99. The van der Waals surface area contributed by atoms with Crippen molar-refractivity contribution in [3.8, 4) is 5.69 Å². The maximum absolute atomic E-state index is 4.31. The Morgan fingerprint density at radius 3 is 2.88 bits per heavy atom. The average Bonchev–Trinajstić information content (AvgIpc) is 2.85. The Bertz CT molecular complexity index is 484. The highest BCUT2D eigenvalue weighted by Gasteiger charge is 2.10. The van der Waals surface area contributed by atoms with Crippen molar-refractivity contribution in [1.82, 2.24) is 30.1 Å². The lowest BCUT2D eigenvalue weighted by molar-refractivity contribution is 0.640. The first-order valence-electron chi connectivity index (χ1n) is 5.83. The van der Waals surface area contributed by atoms with E-state index in [0.29, 0.717) is 0 Å². The minimum absolute atomic E-state index is 0.773.